The van der Waals surface area contributed by atoms with E-state index in [9.17, 15) is 22.4 Å². The predicted octanol–water partition coefficient (Wildman–Crippen LogP) is 5.86. The maximum Gasteiger partial charge on any atom is 0.387 e. The zero-order valence-electron chi connectivity index (χ0n) is 19.8. The Kier molecular flexibility index (Phi) is 9.03. The molecule has 0 aliphatic rings. The number of rotatable bonds is 8. The van der Waals surface area contributed by atoms with Gasteiger partial charge in [0.25, 0.3) is 0 Å². The number of aromatic nitrogens is 2. The molecule has 0 spiro atoms. The van der Waals surface area contributed by atoms with Crippen LogP contribution in [0.4, 0.5) is 23.2 Å². The Balaban J connectivity index is 0.000000319. The van der Waals surface area contributed by atoms with Crippen molar-refractivity contribution in [2.75, 3.05) is 26.6 Å². The van der Waals surface area contributed by atoms with Gasteiger partial charge in [-0.1, -0.05) is 0 Å². The van der Waals surface area contributed by atoms with Gasteiger partial charge in [0.05, 0.1) is 25.3 Å². The second-order valence-electron chi connectivity index (χ2n) is 7.06. The number of alkyl halides is 2. The fraction of sp³-hybridized carbons (Fsp3) is 0.160. The molecule has 0 amide bonds. The Bertz CT molecular complexity index is 1370. The maximum absolute atomic E-state index is 14.2. The quantitative estimate of drug-likeness (QED) is 0.229. The largest absolute Gasteiger partial charge is 0.496 e. The van der Waals surface area contributed by atoms with E-state index in [1.54, 1.807) is 12.3 Å². The Morgan fingerprint density at radius 3 is 2.16 bits per heavy atom. The summed E-state index contributed by atoms with van der Waals surface area (Å²) in [4.78, 5) is 18.1. The van der Waals surface area contributed by atoms with Crippen LogP contribution in [0.25, 0.3) is 10.9 Å². The van der Waals surface area contributed by atoms with Gasteiger partial charge in [-0.05, 0) is 18.2 Å². The molecule has 194 valence electrons. The molecular weight excluding hydrogens is 498 g/mol. The van der Waals surface area contributed by atoms with E-state index in [1.807, 2.05) is 0 Å². The van der Waals surface area contributed by atoms with Crippen LogP contribution in [-0.2, 0) is 0 Å². The number of carbonyl (C=O) groups excluding carboxylic acids is 1. The number of pyridine rings is 2. The minimum atomic E-state index is -3.05. The number of anilines is 1. The molecule has 0 unspecified atom stereocenters. The van der Waals surface area contributed by atoms with Crippen molar-refractivity contribution in [2.45, 2.75) is 6.61 Å². The van der Waals surface area contributed by atoms with Gasteiger partial charge in [-0.15, -0.1) is 0 Å². The van der Waals surface area contributed by atoms with Crippen molar-refractivity contribution in [3.63, 3.8) is 0 Å². The van der Waals surface area contributed by atoms with Gasteiger partial charge in [-0.2, -0.15) is 8.78 Å². The summed E-state index contributed by atoms with van der Waals surface area (Å²) < 4.78 is 73.2. The Morgan fingerprint density at radius 1 is 0.919 bits per heavy atom. The molecule has 0 radical (unpaired) electrons. The Hall–Kier alpha value is -4.61. The molecule has 2 heterocycles. The minimum absolute atomic E-state index is 0.00729. The number of nitrogens with one attached hydrogen (secondary N) is 1. The van der Waals surface area contributed by atoms with Crippen molar-refractivity contribution in [3.05, 3.63) is 72.2 Å². The van der Waals surface area contributed by atoms with Crippen molar-refractivity contribution in [2.24, 2.45) is 0 Å². The second kappa shape index (κ2) is 12.4. The molecule has 12 heteroatoms. The van der Waals surface area contributed by atoms with E-state index in [1.165, 1.54) is 51.9 Å². The third-order valence-electron chi connectivity index (χ3n) is 4.86. The van der Waals surface area contributed by atoms with Crippen LogP contribution in [-0.4, -0.2) is 44.1 Å². The van der Waals surface area contributed by atoms with Crippen LogP contribution in [0.15, 0.2) is 55.0 Å². The van der Waals surface area contributed by atoms with Gasteiger partial charge in [0.2, 0.25) is 0 Å². The van der Waals surface area contributed by atoms with Crippen molar-refractivity contribution >= 4 is 22.9 Å². The first-order valence-electron chi connectivity index (χ1n) is 10.5. The molecular formula is C25H21F4N3O5. The Labute approximate surface area is 208 Å². The molecule has 0 saturated heterocycles. The first-order chi connectivity index (χ1) is 17.8. The standard InChI is InChI=1S/C18H14F4N2O3.C7H7NO2/c1-23-9-5-11(19)17(12(20)6-9)26-14-3-4-24-13-8-16(27-18(21)22)15(25-2)7-10(13)14;1-10-7-2-3-8-4-6(7)5-9/h3-8,18,23H,1-2H3;2-5H,1H3. The normalized spacial score (nSPS) is 10.4. The molecule has 0 aliphatic carbocycles. The van der Waals surface area contributed by atoms with E-state index in [0.29, 0.717) is 23.0 Å². The fourth-order valence-corrected chi connectivity index (χ4v) is 3.15. The molecule has 37 heavy (non-hydrogen) atoms. The summed E-state index contributed by atoms with van der Waals surface area (Å²) in [6.07, 6.45) is 5.07. The van der Waals surface area contributed by atoms with Crippen LogP contribution in [0.5, 0.6) is 28.7 Å². The zero-order valence-corrected chi connectivity index (χ0v) is 19.8. The highest BCUT2D eigenvalue weighted by Gasteiger charge is 2.18. The topological polar surface area (TPSA) is 91.8 Å². The molecule has 4 rings (SSSR count). The summed E-state index contributed by atoms with van der Waals surface area (Å²) in [5.74, 6) is -2.02. The number of nitrogens with zero attached hydrogens (tertiary/aromatic N) is 2. The lowest BCUT2D eigenvalue weighted by molar-refractivity contribution is -0.0511. The molecule has 8 nitrogen and oxygen atoms in total. The number of hydrogen-bond donors (Lipinski definition) is 1. The molecule has 0 aliphatic heterocycles. The monoisotopic (exact) mass is 519 g/mol. The predicted molar refractivity (Wildman–Crippen MR) is 127 cm³/mol. The molecule has 2 aromatic carbocycles. The van der Waals surface area contributed by atoms with Crippen molar-refractivity contribution in [1.82, 2.24) is 9.97 Å². The number of aldehydes is 1. The lowest BCUT2D eigenvalue weighted by Crippen LogP contribution is -2.04. The lowest BCUT2D eigenvalue weighted by atomic mass is 10.1. The zero-order chi connectivity index (χ0) is 26.9. The first-order valence-corrected chi connectivity index (χ1v) is 10.5. The van der Waals surface area contributed by atoms with E-state index in [4.69, 9.17) is 14.2 Å². The number of ether oxygens (including phenoxy) is 4. The average molecular weight is 519 g/mol. The van der Waals surface area contributed by atoms with Gasteiger partial charge in [-0.3, -0.25) is 14.8 Å². The van der Waals surface area contributed by atoms with E-state index in [2.05, 4.69) is 20.0 Å². The number of fused-ring (bicyclic) bond motifs is 1. The Morgan fingerprint density at radius 2 is 1.59 bits per heavy atom. The highest BCUT2D eigenvalue weighted by Crippen LogP contribution is 2.39. The third-order valence-corrected chi connectivity index (χ3v) is 4.86. The summed E-state index contributed by atoms with van der Waals surface area (Å²) in [6, 6.07) is 7.76. The lowest BCUT2D eigenvalue weighted by Gasteiger charge is -2.14. The first kappa shape index (κ1) is 27.0. The van der Waals surface area contributed by atoms with Gasteiger partial charge in [0.1, 0.15) is 11.5 Å². The van der Waals surface area contributed by atoms with Gasteiger partial charge in [0, 0.05) is 54.9 Å². The smallest absolute Gasteiger partial charge is 0.387 e. The number of benzene rings is 2. The summed E-state index contributed by atoms with van der Waals surface area (Å²) in [5.41, 5.74) is 0.939. The summed E-state index contributed by atoms with van der Waals surface area (Å²) in [6.45, 7) is -3.05. The highest BCUT2D eigenvalue weighted by molar-refractivity contribution is 5.88. The number of halogens is 4. The number of methoxy groups -OCH3 is 2. The van der Waals surface area contributed by atoms with Crippen LogP contribution >= 0.6 is 0 Å². The van der Waals surface area contributed by atoms with Gasteiger partial charge in [0.15, 0.2) is 35.2 Å². The van der Waals surface area contributed by atoms with Gasteiger partial charge < -0.3 is 24.3 Å². The SMILES string of the molecule is CNc1cc(F)c(Oc2ccnc3cc(OC(F)F)c(OC)cc23)c(F)c1.COc1ccncc1C=O. The van der Waals surface area contributed by atoms with Crippen LogP contribution in [0.2, 0.25) is 0 Å². The molecule has 0 bridgehead atoms. The summed E-state index contributed by atoms with van der Waals surface area (Å²) in [7, 11) is 4.31. The van der Waals surface area contributed by atoms with E-state index < -0.39 is 24.0 Å². The van der Waals surface area contributed by atoms with Crippen LogP contribution in [0.3, 0.4) is 0 Å². The molecule has 0 saturated carbocycles. The van der Waals surface area contributed by atoms with Crippen molar-refractivity contribution in [1.29, 1.82) is 0 Å². The minimum Gasteiger partial charge on any atom is -0.496 e. The number of hydrogen-bond acceptors (Lipinski definition) is 8. The third kappa shape index (κ3) is 6.54. The molecule has 2 aromatic heterocycles. The second-order valence-corrected chi connectivity index (χ2v) is 7.06. The van der Waals surface area contributed by atoms with Crippen LogP contribution in [0.1, 0.15) is 10.4 Å². The van der Waals surface area contributed by atoms with Crippen molar-refractivity contribution in [3.8, 4) is 28.7 Å². The fourth-order valence-electron chi connectivity index (χ4n) is 3.15. The molecule has 0 atom stereocenters. The van der Waals surface area contributed by atoms with Crippen molar-refractivity contribution < 1.29 is 41.3 Å². The van der Waals surface area contributed by atoms with Crippen LogP contribution in [0, 0.1) is 11.6 Å². The molecule has 0 fully saturated rings. The molecule has 1 N–H and O–H groups in total. The summed E-state index contributed by atoms with van der Waals surface area (Å²) in [5, 5.41) is 2.93. The average Bonchev–Trinajstić information content (AvgIpc) is 2.90. The van der Waals surface area contributed by atoms with Gasteiger partial charge in [-0.25, -0.2) is 8.78 Å². The van der Waals surface area contributed by atoms with Crippen LogP contribution < -0.4 is 24.3 Å². The highest BCUT2D eigenvalue weighted by atomic mass is 19.3. The van der Waals surface area contributed by atoms with Gasteiger partial charge >= 0.3 is 6.61 Å². The summed E-state index contributed by atoms with van der Waals surface area (Å²) >= 11 is 0. The van der Waals surface area contributed by atoms with E-state index in [-0.39, 0.29) is 28.5 Å². The van der Waals surface area contributed by atoms with E-state index >= 15 is 0 Å². The van der Waals surface area contributed by atoms with E-state index in [0.717, 1.165) is 12.1 Å². The molecule has 4 aromatic rings. The number of carbonyl (C=O) groups is 1. The maximum atomic E-state index is 14.2.